The van der Waals surface area contributed by atoms with E-state index in [4.69, 9.17) is 0 Å². The summed E-state index contributed by atoms with van der Waals surface area (Å²) in [6.45, 7) is 4.11. The van der Waals surface area contributed by atoms with Crippen LogP contribution >= 0.6 is 0 Å². The largest absolute Gasteiger partial charge is 0.508 e. The first-order valence-corrected chi connectivity index (χ1v) is 8.74. The second-order valence-corrected chi connectivity index (χ2v) is 6.63. The van der Waals surface area contributed by atoms with E-state index in [0.29, 0.717) is 18.5 Å². The van der Waals surface area contributed by atoms with E-state index in [9.17, 15) is 14.6 Å². The summed E-state index contributed by atoms with van der Waals surface area (Å²) in [4.78, 5) is 4.62. The van der Waals surface area contributed by atoms with E-state index < -0.39 is 0 Å². The van der Waals surface area contributed by atoms with Gasteiger partial charge in [-0.2, -0.15) is 0 Å². The Bertz CT molecular complexity index is 678. The van der Waals surface area contributed by atoms with Gasteiger partial charge < -0.3 is 10.2 Å². The highest BCUT2D eigenvalue weighted by Gasteiger charge is 2.27. The van der Waals surface area contributed by atoms with Gasteiger partial charge in [0.05, 0.1) is 0 Å². The zero-order chi connectivity index (χ0) is 17.6. The number of piperazine rings is 1. The third-order valence-corrected chi connectivity index (χ3v) is 4.82. The fourth-order valence-corrected chi connectivity index (χ4v) is 3.44. The average Bonchev–Trinajstić information content (AvgIpc) is 2.61. The van der Waals surface area contributed by atoms with Crippen LogP contribution in [0.3, 0.4) is 0 Å². The third-order valence-electron chi connectivity index (χ3n) is 4.82. The number of halogens is 1. The molecule has 2 N–H and O–H groups in total. The van der Waals surface area contributed by atoms with Crippen molar-refractivity contribution in [2.45, 2.75) is 25.6 Å². The predicted molar refractivity (Wildman–Crippen MR) is 95.7 cm³/mol. The molecule has 4 nitrogen and oxygen atoms in total. The SMILES string of the molecule is OCC[C@H]1CN(Cc2ccc(O)cc2)CCN1Cc1ccccc1F. The Hall–Kier alpha value is -1.95. The van der Waals surface area contributed by atoms with Crippen molar-refractivity contribution in [3.05, 3.63) is 65.5 Å². The molecule has 25 heavy (non-hydrogen) atoms. The van der Waals surface area contributed by atoms with Crippen LogP contribution in [0.15, 0.2) is 48.5 Å². The molecule has 0 aromatic heterocycles. The number of hydrogen-bond acceptors (Lipinski definition) is 4. The van der Waals surface area contributed by atoms with Gasteiger partial charge in [0.2, 0.25) is 0 Å². The van der Waals surface area contributed by atoms with Gasteiger partial charge in [-0.25, -0.2) is 4.39 Å². The number of benzene rings is 2. The standard InChI is InChI=1S/C20H25FN2O2/c21-20-4-2-1-3-17(20)14-23-11-10-22(15-18(23)9-12-24)13-16-5-7-19(25)8-6-16/h1-8,18,24-25H,9-15H2/t18-/m0/s1. The summed E-state index contributed by atoms with van der Waals surface area (Å²) < 4.78 is 13.9. The monoisotopic (exact) mass is 344 g/mol. The van der Waals surface area contributed by atoms with Gasteiger partial charge in [0.15, 0.2) is 0 Å². The van der Waals surface area contributed by atoms with Crippen molar-refractivity contribution in [2.24, 2.45) is 0 Å². The number of phenolic OH excluding ortho intramolecular Hbond substituents is 1. The van der Waals surface area contributed by atoms with Gasteiger partial charge in [-0.15, -0.1) is 0 Å². The lowest BCUT2D eigenvalue weighted by atomic mass is 10.1. The molecule has 134 valence electrons. The zero-order valence-corrected chi connectivity index (χ0v) is 14.3. The first-order chi connectivity index (χ1) is 12.2. The summed E-state index contributed by atoms with van der Waals surface area (Å²) >= 11 is 0. The Balaban J connectivity index is 1.63. The highest BCUT2D eigenvalue weighted by molar-refractivity contribution is 5.26. The van der Waals surface area contributed by atoms with E-state index in [1.807, 2.05) is 24.3 Å². The zero-order valence-electron chi connectivity index (χ0n) is 14.3. The molecule has 0 saturated carbocycles. The van der Waals surface area contributed by atoms with E-state index in [0.717, 1.165) is 31.7 Å². The highest BCUT2D eigenvalue weighted by Crippen LogP contribution is 2.20. The molecular weight excluding hydrogens is 319 g/mol. The molecule has 5 heteroatoms. The molecule has 0 spiro atoms. The van der Waals surface area contributed by atoms with Crippen molar-refractivity contribution >= 4 is 0 Å². The summed E-state index contributed by atoms with van der Waals surface area (Å²) in [6.07, 6.45) is 0.681. The Kier molecular flexibility index (Phi) is 6.02. The summed E-state index contributed by atoms with van der Waals surface area (Å²) in [5, 5.41) is 18.8. The number of aliphatic hydroxyl groups excluding tert-OH is 1. The summed E-state index contributed by atoms with van der Waals surface area (Å²) in [5.41, 5.74) is 1.86. The van der Waals surface area contributed by atoms with Crippen LogP contribution in [-0.2, 0) is 13.1 Å². The van der Waals surface area contributed by atoms with Crippen molar-refractivity contribution in [3.63, 3.8) is 0 Å². The maximum absolute atomic E-state index is 13.9. The van der Waals surface area contributed by atoms with E-state index in [1.165, 1.54) is 6.07 Å². The molecule has 1 atom stereocenters. The van der Waals surface area contributed by atoms with Gasteiger partial charge >= 0.3 is 0 Å². The van der Waals surface area contributed by atoms with Gasteiger partial charge in [-0.3, -0.25) is 9.80 Å². The molecule has 2 aromatic carbocycles. The lowest BCUT2D eigenvalue weighted by Gasteiger charge is -2.41. The Morgan fingerprint density at radius 2 is 1.76 bits per heavy atom. The Morgan fingerprint density at radius 1 is 1.00 bits per heavy atom. The highest BCUT2D eigenvalue weighted by atomic mass is 19.1. The average molecular weight is 344 g/mol. The van der Waals surface area contributed by atoms with E-state index in [1.54, 1.807) is 18.2 Å². The molecule has 1 aliphatic heterocycles. The van der Waals surface area contributed by atoms with Crippen molar-refractivity contribution in [1.29, 1.82) is 0 Å². The number of nitrogens with zero attached hydrogens (tertiary/aromatic N) is 2. The van der Waals surface area contributed by atoms with Crippen LogP contribution in [0.1, 0.15) is 17.5 Å². The van der Waals surface area contributed by atoms with E-state index in [-0.39, 0.29) is 24.2 Å². The number of aromatic hydroxyl groups is 1. The van der Waals surface area contributed by atoms with E-state index >= 15 is 0 Å². The quantitative estimate of drug-likeness (QED) is 0.846. The first kappa shape index (κ1) is 17.9. The van der Waals surface area contributed by atoms with Crippen LogP contribution in [-0.4, -0.2) is 52.3 Å². The fraction of sp³-hybridized carbons (Fsp3) is 0.400. The smallest absolute Gasteiger partial charge is 0.127 e. The lowest BCUT2D eigenvalue weighted by molar-refractivity contribution is 0.0493. The topological polar surface area (TPSA) is 46.9 Å². The normalized spacial score (nSPS) is 19.2. The van der Waals surface area contributed by atoms with Crippen molar-refractivity contribution in [2.75, 3.05) is 26.2 Å². The maximum atomic E-state index is 13.9. The molecule has 1 fully saturated rings. The van der Waals surface area contributed by atoms with Crippen LogP contribution < -0.4 is 0 Å². The molecule has 0 unspecified atom stereocenters. The minimum absolute atomic E-state index is 0.130. The van der Waals surface area contributed by atoms with Gasteiger partial charge in [-0.1, -0.05) is 30.3 Å². The van der Waals surface area contributed by atoms with Crippen LogP contribution in [0, 0.1) is 5.82 Å². The molecule has 0 bridgehead atoms. The number of phenols is 1. The molecule has 0 amide bonds. The second-order valence-electron chi connectivity index (χ2n) is 6.63. The van der Waals surface area contributed by atoms with Crippen molar-refractivity contribution < 1.29 is 14.6 Å². The summed E-state index contributed by atoms with van der Waals surface area (Å²) in [7, 11) is 0. The molecule has 0 aliphatic carbocycles. The lowest BCUT2D eigenvalue weighted by Crippen LogP contribution is -2.52. The molecule has 1 saturated heterocycles. The molecule has 1 aliphatic rings. The van der Waals surface area contributed by atoms with Gasteiger partial charge in [0, 0.05) is 50.9 Å². The number of hydrogen-bond donors (Lipinski definition) is 2. The predicted octanol–water partition coefficient (Wildman–Crippen LogP) is 2.60. The summed E-state index contributed by atoms with van der Waals surface area (Å²) in [5.74, 6) is 0.105. The maximum Gasteiger partial charge on any atom is 0.127 e. The second kappa shape index (κ2) is 8.43. The van der Waals surface area contributed by atoms with Crippen molar-refractivity contribution in [1.82, 2.24) is 9.80 Å². The molecule has 1 heterocycles. The van der Waals surface area contributed by atoms with Crippen LogP contribution in [0.4, 0.5) is 4.39 Å². The van der Waals surface area contributed by atoms with Gasteiger partial charge in [0.1, 0.15) is 11.6 Å². The summed E-state index contributed by atoms with van der Waals surface area (Å²) in [6, 6.07) is 14.4. The Labute approximate surface area is 148 Å². The van der Waals surface area contributed by atoms with Crippen LogP contribution in [0.5, 0.6) is 5.75 Å². The molecule has 3 rings (SSSR count). The minimum Gasteiger partial charge on any atom is -0.508 e. The Morgan fingerprint density at radius 3 is 2.48 bits per heavy atom. The van der Waals surface area contributed by atoms with Gasteiger partial charge in [0.25, 0.3) is 0 Å². The van der Waals surface area contributed by atoms with Gasteiger partial charge in [-0.05, 0) is 30.2 Å². The fourth-order valence-electron chi connectivity index (χ4n) is 3.44. The minimum atomic E-state index is -0.170. The van der Waals surface area contributed by atoms with E-state index in [2.05, 4.69) is 9.80 Å². The number of rotatable bonds is 6. The third kappa shape index (κ3) is 4.78. The molecule has 0 radical (unpaired) electrons. The van der Waals surface area contributed by atoms with Crippen molar-refractivity contribution in [3.8, 4) is 5.75 Å². The van der Waals surface area contributed by atoms with Crippen LogP contribution in [0.25, 0.3) is 0 Å². The molecular formula is C20H25FN2O2. The first-order valence-electron chi connectivity index (χ1n) is 8.74. The van der Waals surface area contributed by atoms with Crippen LogP contribution in [0.2, 0.25) is 0 Å². The molecule has 2 aromatic rings. The number of aliphatic hydroxyl groups is 1.